The Morgan fingerprint density at radius 2 is 1.86 bits per heavy atom. The zero-order chi connectivity index (χ0) is 35.6. The molecule has 0 radical (unpaired) electrons. The minimum Gasteiger partial charge on any atom is -0.353 e. The molecule has 3 fully saturated rings. The standard InChI is InChI=1S/C35H41ClF2N10O2/c1-33(2,3)18-35(22-8-5-20(6-9-22)25-16-42-48(45-25)23-10-11-23)31(50)46(32(39)44-35)27(17-40-30(49)34(4)13-14-34)21-7-12-24(36)26(15-21)47-29(28(37)38)41-19-43-47/h5-9,12,15-16,19,23,27-28,32,44H,10-11,13-14,17-18,39H2,1-4H3,(H,40,49)/t27-,32?,35-/m1/s1. The summed E-state index contributed by atoms with van der Waals surface area (Å²) in [7, 11) is 0. The molecule has 50 heavy (non-hydrogen) atoms. The number of halogens is 3. The number of aromatic nitrogens is 6. The first kappa shape index (κ1) is 34.2. The third-order valence-electron chi connectivity index (χ3n) is 9.84. The fourth-order valence-corrected chi connectivity index (χ4v) is 6.99. The first-order valence-electron chi connectivity index (χ1n) is 16.8. The lowest BCUT2D eigenvalue weighted by Crippen LogP contribution is -2.50. The summed E-state index contributed by atoms with van der Waals surface area (Å²) in [6, 6.07) is 12.1. The van der Waals surface area contributed by atoms with Gasteiger partial charge in [0.1, 0.15) is 23.8 Å². The fourth-order valence-electron chi connectivity index (χ4n) is 6.79. The number of hydrogen-bond acceptors (Lipinski definition) is 8. The molecule has 3 heterocycles. The lowest BCUT2D eigenvalue weighted by atomic mass is 9.75. The molecule has 2 amide bonds. The second-order valence-corrected chi connectivity index (χ2v) is 15.5. The Labute approximate surface area is 293 Å². The van der Waals surface area contributed by atoms with Gasteiger partial charge in [-0.2, -0.15) is 20.1 Å². The number of benzene rings is 2. The quantitative estimate of drug-likeness (QED) is 0.187. The molecular formula is C35H41ClF2N10O2. The second kappa shape index (κ2) is 12.5. The first-order valence-corrected chi connectivity index (χ1v) is 17.2. The van der Waals surface area contributed by atoms with E-state index in [0.717, 1.165) is 53.5 Å². The molecule has 2 aromatic carbocycles. The van der Waals surface area contributed by atoms with Gasteiger partial charge in [0.2, 0.25) is 11.8 Å². The van der Waals surface area contributed by atoms with Crippen molar-refractivity contribution in [3.8, 4) is 16.9 Å². The largest absolute Gasteiger partial charge is 0.353 e. The molecule has 2 saturated carbocycles. The Kier molecular flexibility index (Phi) is 8.55. The average Bonchev–Trinajstić information content (AvgIpc) is 3.91. The average molecular weight is 707 g/mol. The van der Waals surface area contributed by atoms with Crippen LogP contribution in [0.4, 0.5) is 8.78 Å². The van der Waals surface area contributed by atoms with Gasteiger partial charge in [0.15, 0.2) is 5.82 Å². The molecule has 12 nitrogen and oxygen atoms in total. The van der Waals surface area contributed by atoms with Crippen LogP contribution in [-0.2, 0) is 15.1 Å². The maximum atomic E-state index is 15.0. The van der Waals surface area contributed by atoms with Gasteiger partial charge in [-0.05, 0) is 60.8 Å². The zero-order valence-corrected chi connectivity index (χ0v) is 29.2. The number of carbonyl (C=O) groups is 2. The molecule has 0 spiro atoms. The molecule has 2 aromatic heterocycles. The van der Waals surface area contributed by atoms with Crippen molar-refractivity contribution in [3.05, 3.63) is 77.0 Å². The Morgan fingerprint density at radius 1 is 1.14 bits per heavy atom. The molecular weight excluding hydrogens is 666 g/mol. The highest BCUT2D eigenvalue weighted by atomic mass is 35.5. The summed E-state index contributed by atoms with van der Waals surface area (Å²) < 4.78 is 28.7. The Balaban J connectivity index is 1.27. The van der Waals surface area contributed by atoms with Crippen LogP contribution in [0.25, 0.3) is 16.9 Å². The van der Waals surface area contributed by atoms with E-state index in [1.807, 2.05) is 31.2 Å². The molecule has 4 N–H and O–H groups in total. The van der Waals surface area contributed by atoms with E-state index in [1.165, 1.54) is 0 Å². The van der Waals surface area contributed by atoms with Crippen molar-refractivity contribution >= 4 is 23.4 Å². The third kappa shape index (κ3) is 6.40. The topological polar surface area (TPSA) is 149 Å². The summed E-state index contributed by atoms with van der Waals surface area (Å²) in [5.41, 5.74) is 7.84. The van der Waals surface area contributed by atoms with Gasteiger partial charge in [-0.25, -0.2) is 18.4 Å². The summed E-state index contributed by atoms with van der Waals surface area (Å²) in [6.45, 7) is 8.09. The second-order valence-electron chi connectivity index (χ2n) is 15.1. The minimum atomic E-state index is -2.90. The number of rotatable bonds is 11. The molecule has 0 bridgehead atoms. The van der Waals surface area contributed by atoms with E-state index >= 15 is 4.79 Å². The lowest BCUT2D eigenvalue weighted by Gasteiger charge is -2.36. The van der Waals surface area contributed by atoms with Gasteiger partial charge >= 0.3 is 0 Å². The van der Waals surface area contributed by atoms with Crippen LogP contribution in [0, 0.1) is 10.8 Å². The van der Waals surface area contributed by atoms with Crippen molar-refractivity contribution in [3.63, 3.8) is 0 Å². The zero-order valence-electron chi connectivity index (χ0n) is 28.4. The van der Waals surface area contributed by atoms with E-state index in [1.54, 1.807) is 34.1 Å². The summed E-state index contributed by atoms with van der Waals surface area (Å²) >= 11 is 6.53. The van der Waals surface area contributed by atoms with Crippen LogP contribution in [-0.4, -0.2) is 59.3 Å². The highest BCUT2D eigenvalue weighted by molar-refractivity contribution is 6.32. The number of carbonyl (C=O) groups excluding carboxylic acids is 2. The maximum Gasteiger partial charge on any atom is 0.297 e. The van der Waals surface area contributed by atoms with Gasteiger partial charge in [-0.15, -0.1) is 0 Å². The van der Waals surface area contributed by atoms with Gasteiger partial charge in [-0.3, -0.25) is 20.6 Å². The maximum absolute atomic E-state index is 15.0. The summed E-state index contributed by atoms with van der Waals surface area (Å²) in [6.07, 6.45) is 2.99. The molecule has 3 aliphatic rings. The molecule has 2 aliphatic carbocycles. The van der Waals surface area contributed by atoms with E-state index in [9.17, 15) is 13.6 Å². The first-order chi connectivity index (χ1) is 23.7. The van der Waals surface area contributed by atoms with Crippen molar-refractivity contribution in [1.82, 2.24) is 45.3 Å². The van der Waals surface area contributed by atoms with E-state index in [0.29, 0.717) is 18.0 Å². The number of alkyl halides is 2. The van der Waals surface area contributed by atoms with E-state index in [2.05, 4.69) is 51.7 Å². The third-order valence-corrected chi connectivity index (χ3v) is 10.2. The minimum absolute atomic E-state index is 0.0247. The predicted molar refractivity (Wildman–Crippen MR) is 182 cm³/mol. The molecule has 4 aromatic rings. The van der Waals surface area contributed by atoms with Gasteiger partial charge in [-0.1, -0.05) is 69.6 Å². The number of amides is 2. The monoisotopic (exact) mass is 706 g/mol. The number of nitrogens with two attached hydrogens (primary N) is 1. The smallest absolute Gasteiger partial charge is 0.297 e. The molecule has 7 rings (SSSR count). The van der Waals surface area contributed by atoms with Gasteiger partial charge in [0.25, 0.3) is 6.43 Å². The Bertz CT molecular complexity index is 1910. The van der Waals surface area contributed by atoms with Gasteiger partial charge in [0.05, 0.1) is 29.0 Å². The van der Waals surface area contributed by atoms with Gasteiger partial charge in [0, 0.05) is 17.5 Å². The summed E-state index contributed by atoms with van der Waals surface area (Å²) in [5.74, 6) is -0.986. The van der Waals surface area contributed by atoms with Crippen LogP contribution in [0.1, 0.15) is 95.3 Å². The lowest BCUT2D eigenvalue weighted by molar-refractivity contribution is -0.137. The Morgan fingerprint density at radius 3 is 2.50 bits per heavy atom. The molecule has 1 saturated heterocycles. The fraction of sp³-hybridized carbons (Fsp3) is 0.486. The number of hydrogen-bond donors (Lipinski definition) is 3. The van der Waals surface area contributed by atoms with Crippen molar-refractivity contribution in [2.75, 3.05) is 6.54 Å². The summed E-state index contributed by atoms with van der Waals surface area (Å²) in [5, 5.41) is 19.7. The normalized spacial score (nSPS) is 22.3. The van der Waals surface area contributed by atoms with Crippen molar-refractivity contribution in [2.45, 2.75) is 90.1 Å². The molecule has 1 aliphatic heterocycles. The van der Waals surface area contributed by atoms with E-state index in [4.69, 9.17) is 17.3 Å². The Hall–Kier alpha value is -4.27. The van der Waals surface area contributed by atoms with Crippen molar-refractivity contribution in [2.24, 2.45) is 16.6 Å². The van der Waals surface area contributed by atoms with E-state index in [-0.39, 0.29) is 34.5 Å². The highest BCUT2D eigenvalue weighted by Gasteiger charge is 2.55. The van der Waals surface area contributed by atoms with Crippen LogP contribution in [0.2, 0.25) is 5.02 Å². The molecule has 264 valence electrons. The highest BCUT2D eigenvalue weighted by Crippen LogP contribution is 2.46. The van der Waals surface area contributed by atoms with Crippen molar-refractivity contribution < 1.29 is 18.4 Å². The van der Waals surface area contributed by atoms with Gasteiger partial charge < -0.3 is 10.2 Å². The van der Waals surface area contributed by atoms with E-state index < -0.39 is 35.5 Å². The number of nitrogens with one attached hydrogen (secondary N) is 2. The SMILES string of the molecule is CC(C)(C)C[C@]1(c2ccc(-c3cnn(C4CC4)n3)cc2)NC(N)N([C@H](CNC(=O)C2(C)CC2)c2ccc(Cl)c(-n3ncnc3C(F)F)c2)C1=O. The number of nitrogens with zero attached hydrogens (tertiary/aromatic N) is 7. The molecule has 3 atom stereocenters. The summed E-state index contributed by atoms with van der Waals surface area (Å²) in [4.78, 5) is 35.2. The van der Waals surface area contributed by atoms with Crippen molar-refractivity contribution in [1.29, 1.82) is 0 Å². The van der Waals surface area contributed by atoms with Crippen LogP contribution < -0.4 is 16.4 Å². The molecule has 15 heteroatoms. The predicted octanol–water partition coefficient (Wildman–Crippen LogP) is 5.41. The van der Waals surface area contributed by atoms with Crippen LogP contribution >= 0.6 is 11.6 Å². The van der Waals surface area contributed by atoms with Crippen LogP contribution in [0.5, 0.6) is 0 Å². The molecule has 1 unspecified atom stereocenters. The van der Waals surface area contributed by atoms with Crippen LogP contribution in [0.15, 0.2) is 55.0 Å². The van der Waals surface area contributed by atoms with Crippen LogP contribution in [0.3, 0.4) is 0 Å².